The number of aromatic nitrogens is 1. The van der Waals surface area contributed by atoms with Crippen molar-refractivity contribution in [1.29, 1.82) is 0 Å². The van der Waals surface area contributed by atoms with Crippen LogP contribution in [-0.2, 0) is 20.9 Å². The zero-order valence-electron chi connectivity index (χ0n) is 23.9. The molecule has 2 aliphatic heterocycles. The fourth-order valence-corrected chi connectivity index (χ4v) is 6.07. The number of fused-ring (bicyclic) bond motifs is 1. The first-order valence-corrected chi connectivity index (χ1v) is 14.8. The predicted octanol–water partition coefficient (Wildman–Crippen LogP) is 5.60. The van der Waals surface area contributed by atoms with Crippen molar-refractivity contribution in [3.05, 3.63) is 106 Å². The highest BCUT2D eigenvalue weighted by Crippen LogP contribution is 2.45. The molecule has 2 aliphatic rings. The molecular weight excluding hydrogens is 584 g/mol. The van der Waals surface area contributed by atoms with Crippen LogP contribution >= 0.6 is 11.3 Å². The first kappa shape index (κ1) is 28.9. The Morgan fingerprint density at radius 1 is 1.02 bits per heavy atom. The molecule has 0 aliphatic carbocycles. The molecule has 1 N–H and O–H groups in total. The van der Waals surface area contributed by atoms with Gasteiger partial charge in [0.25, 0.3) is 5.78 Å². The molecule has 0 spiro atoms. The maximum atomic E-state index is 13.7. The zero-order chi connectivity index (χ0) is 30.8. The van der Waals surface area contributed by atoms with E-state index in [0.29, 0.717) is 48.3 Å². The molecule has 0 bridgehead atoms. The lowest BCUT2D eigenvalue weighted by atomic mass is 9.95. The number of amides is 1. The van der Waals surface area contributed by atoms with Crippen molar-refractivity contribution in [2.45, 2.75) is 26.5 Å². The Kier molecular flexibility index (Phi) is 8.03. The summed E-state index contributed by atoms with van der Waals surface area (Å²) in [6, 6.07) is 20.3. The third-order valence-corrected chi connectivity index (χ3v) is 8.27. The predicted molar refractivity (Wildman–Crippen MR) is 162 cm³/mol. The molecule has 10 nitrogen and oxygen atoms in total. The summed E-state index contributed by atoms with van der Waals surface area (Å²) < 4.78 is 22.5. The average Bonchev–Trinajstić information content (AvgIpc) is 3.56. The molecule has 1 saturated heterocycles. The van der Waals surface area contributed by atoms with Gasteiger partial charge in [0.2, 0.25) is 0 Å². The van der Waals surface area contributed by atoms with Gasteiger partial charge in [-0.1, -0.05) is 53.8 Å². The number of ketones is 1. The van der Waals surface area contributed by atoms with E-state index in [1.165, 1.54) is 4.90 Å². The monoisotopic (exact) mass is 612 g/mol. The van der Waals surface area contributed by atoms with Crippen LogP contribution < -0.4 is 19.1 Å². The van der Waals surface area contributed by atoms with Gasteiger partial charge in [0.1, 0.15) is 36.2 Å². The van der Waals surface area contributed by atoms with Crippen molar-refractivity contribution in [2.75, 3.05) is 24.7 Å². The quantitative estimate of drug-likeness (QED) is 0.117. The van der Waals surface area contributed by atoms with E-state index in [1.54, 1.807) is 56.3 Å². The van der Waals surface area contributed by atoms with Gasteiger partial charge in [-0.15, -0.1) is 0 Å². The Labute approximate surface area is 257 Å². The minimum Gasteiger partial charge on any atom is -0.507 e. The summed E-state index contributed by atoms with van der Waals surface area (Å²) in [5, 5.41) is 11.7. The number of rotatable bonds is 8. The van der Waals surface area contributed by atoms with E-state index in [-0.39, 0.29) is 33.5 Å². The van der Waals surface area contributed by atoms with Gasteiger partial charge in [-0.3, -0.25) is 14.5 Å². The maximum Gasteiger partial charge on any atom is 0.350 e. The number of benzene rings is 3. The molecule has 224 valence electrons. The highest BCUT2D eigenvalue weighted by atomic mass is 32.1. The third-order valence-electron chi connectivity index (χ3n) is 7.13. The first-order valence-electron chi connectivity index (χ1n) is 14.0. The van der Waals surface area contributed by atoms with Crippen LogP contribution in [-0.4, -0.2) is 47.6 Å². The number of anilines is 1. The third kappa shape index (κ3) is 5.49. The van der Waals surface area contributed by atoms with Gasteiger partial charge in [-0.05, 0) is 55.3 Å². The lowest BCUT2D eigenvalue weighted by Gasteiger charge is -2.24. The van der Waals surface area contributed by atoms with Crippen LogP contribution in [0, 0.1) is 6.92 Å². The van der Waals surface area contributed by atoms with Crippen molar-refractivity contribution in [2.24, 2.45) is 0 Å². The van der Waals surface area contributed by atoms with Crippen LogP contribution in [0.1, 0.15) is 45.0 Å². The molecule has 1 unspecified atom stereocenters. The summed E-state index contributed by atoms with van der Waals surface area (Å²) in [6.07, 6.45) is 0. The molecule has 3 aromatic carbocycles. The minimum atomic E-state index is -1.08. The molecule has 6 rings (SSSR count). The van der Waals surface area contributed by atoms with Crippen molar-refractivity contribution >= 4 is 39.9 Å². The van der Waals surface area contributed by atoms with Crippen LogP contribution in [0.25, 0.3) is 5.76 Å². The lowest BCUT2D eigenvalue weighted by Crippen LogP contribution is -2.29. The summed E-state index contributed by atoms with van der Waals surface area (Å²) in [5.74, 6) is -1.33. The van der Waals surface area contributed by atoms with Gasteiger partial charge in [-0.2, -0.15) is 0 Å². The van der Waals surface area contributed by atoms with Gasteiger partial charge in [0.05, 0.1) is 23.9 Å². The van der Waals surface area contributed by atoms with E-state index >= 15 is 0 Å². The highest BCUT2D eigenvalue weighted by molar-refractivity contribution is 7.17. The Morgan fingerprint density at radius 3 is 2.57 bits per heavy atom. The Hall–Kier alpha value is -5.16. The van der Waals surface area contributed by atoms with E-state index in [4.69, 9.17) is 18.9 Å². The van der Waals surface area contributed by atoms with Crippen LogP contribution in [0.4, 0.5) is 5.13 Å². The minimum absolute atomic E-state index is 0.120. The van der Waals surface area contributed by atoms with Crippen LogP contribution in [0.2, 0.25) is 0 Å². The van der Waals surface area contributed by atoms with Gasteiger partial charge in [0.15, 0.2) is 16.6 Å². The molecule has 1 atom stereocenters. The maximum absolute atomic E-state index is 13.7. The van der Waals surface area contributed by atoms with Crippen LogP contribution in [0.5, 0.6) is 17.2 Å². The fourth-order valence-electron chi connectivity index (χ4n) is 5.08. The van der Waals surface area contributed by atoms with Crippen molar-refractivity contribution < 1.29 is 38.4 Å². The zero-order valence-corrected chi connectivity index (χ0v) is 24.8. The number of hydrogen-bond donors (Lipinski definition) is 1. The second-order valence-electron chi connectivity index (χ2n) is 10.0. The van der Waals surface area contributed by atoms with Crippen molar-refractivity contribution in [3.63, 3.8) is 0 Å². The Bertz CT molecular complexity index is 1780. The van der Waals surface area contributed by atoms with E-state index in [2.05, 4.69) is 4.98 Å². The number of aliphatic hydroxyl groups excluding tert-OH is 1. The van der Waals surface area contributed by atoms with E-state index in [1.807, 2.05) is 30.3 Å². The number of carbonyl (C=O) groups excluding carboxylic acids is 3. The number of thiazole rings is 1. The number of esters is 1. The molecule has 3 heterocycles. The second kappa shape index (κ2) is 12.2. The summed E-state index contributed by atoms with van der Waals surface area (Å²) in [6.45, 7) is 4.53. The molecule has 1 fully saturated rings. The number of carbonyl (C=O) groups is 3. The Balaban J connectivity index is 1.46. The SMILES string of the molecule is CCOC(=O)c1sc(N2C(=O)C(=O)C(=C(O)c3ccc4c(c3)OCCO4)C2c2cccc(OCc3ccccc3)c2)nc1C. The molecular formula is C33H28N2O8S. The molecule has 4 aromatic rings. The smallest absolute Gasteiger partial charge is 0.350 e. The number of Topliss-reactive ketones (excluding diaryl/α,β-unsaturated/α-hetero) is 1. The first-order chi connectivity index (χ1) is 21.4. The standard InChI is InChI=1S/C33H28N2O8S/c1-3-40-32(39)30-19(2)34-33(44-30)35-27(21-10-7-11-23(16-21)43-18-20-8-5-4-6-9-20)26(29(37)31(35)38)28(36)22-12-13-24-25(17-22)42-15-14-41-24/h4-13,16-17,27,36H,3,14-15,18H2,1-2H3. The van der Waals surface area contributed by atoms with E-state index in [9.17, 15) is 19.5 Å². The van der Waals surface area contributed by atoms with E-state index < -0.39 is 23.7 Å². The van der Waals surface area contributed by atoms with Gasteiger partial charge >= 0.3 is 11.9 Å². The fraction of sp³-hybridized carbons (Fsp3) is 0.212. The number of aryl methyl sites for hydroxylation is 1. The number of aliphatic hydroxyl groups is 1. The van der Waals surface area contributed by atoms with Gasteiger partial charge in [0, 0.05) is 5.56 Å². The Morgan fingerprint density at radius 2 is 1.80 bits per heavy atom. The molecule has 1 aromatic heterocycles. The normalized spacial score (nSPS) is 17.0. The van der Waals surface area contributed by atoms with Gasteiger partial charge < -0.3 is 24.1 Å². The second-order valence-corrected chi connectivity index (χ2v) is 11.0. The molecule has 0 saturated carbocycles. The molecule has 1 amide bonds. The lowest BCUT2D eigenvalue weighted by molar-refractivity contribution is -0.132. The van der Waals surface area contributed by atoms with Crippen LogP contribution in [0.3, 0.4) is 0 Å². The van der Waals surface area contributed by atoms with E-state index in [0.717, 1.165) is 16.9 Å². The molecule has 44 heavy (non-hydrogen) atoms. The number of nitrogens with zero attached hydrogens (tertiary/aromatic N) is 2. The number of ether oxygens (including phenoxy) is 4. The topological polar surface area (TPSA) is 124 Å². The highest BCUT2D eigenvalue weighted by Gasteiger charge is 2.48. The number of hydrogen-bond acceptors (Lipinski definition) is 10. The average molecular weight is 613 g/mol. The van der Waals surface area contributed by atoms with Crippen molar-refractivity contribution in [3.8, 4) is 17.2 Å². The van der Waals surface area contributed by atoms with Crippen LogP contribution in [0.15, 0.2) is 78.4 Å². The molecule has 11 heteroatoms. The summed E-state index contributed by atoms with van der Waals surface area (Å²) in [7, 11) is 0. The summed E-state index contributed by atoms with van der Waals surface area (Å²) in [4.78, 5) is 45.9. The van der Waals surface area contributed by atoms with Crippen molar-refractivity contribution in [1.82, 2.24) is 4.98 Å². The van der Waals surface area contributed by atoms with Gasteiger partial charge in [-0.25, -0.2) is 9.78 Å². The summed E-state index contributed by atoms with van der Waals surface area (Å²) >= 11 is 0.944. The summed E-state index contributed by atoms with van der Waals surface area (Å²) in [5.41, 5.74) is 1.95. The largest absolute Gasteiger partial charge is 0.507 e. The molecule has 0 radical (unpaired) electrons.